The van der Waals surface area contributed by atoms with Crippen LogP contribution in [0.5, 0.6) is 0 Å². The summed E-state index contributed by atoms with van der Waals surface area (Å²) in [7, 11) is 0. The molecule has 0 saturated heterocycles. The number of fused-ring (bicyclic) bond motifs is 3. The van der Waals surface area contributed by atoms with Crippen molar-refractivity contribution in [2.45, 2.75) is 20.4 Å². The van der Waals surface area contributed by atoms with Crippen LogP contribution in [0.15, 0.2) is 47.4 Å². The maximum absolute atomic E-state index is 13.0. The second-order valence-corrected chi connectivity index (χ2v) is 7.50. The second kappa shape index (κ2) is 8.03. The van der Waals surface area contributed by atoms with Gasteiger partial charge in [0.15, 0.2) is 0 Å². The summed E-state index contributed by atoms with van der Waals surface area (Å²) in [5, 5.41) is 3.51. The van der Waals surface area contributed by atoms with E-state index in [2.05, 4.69) is 15.3 Å². The molecule has 0 bridgehead atoms. The van der Waals surface area contributed by atoms with Gasteiger partial charge in [-0.25, -0.2) is 14.8 Å². The number of hydrogen-bond acceptors (Lipinski definition) is 7. The number of para-hydroxylation sites is 1. The molecular weight excluding hydrogens is 404 g/mol. The number of thiophene rings is 1. The van der Waals surface area contributed by atoms with E-state index in [1.165, 1.54) is 15.9 Å². The molecule has 30 heavy (non-hydrogen) atoms. The Labute approximate surface area is 175 Å². The SMILES string of the molecule is CCOC(=O)c1ccccc1NC(=O)Cn1c(C)nc2c(sc3ncccc32)c1=O. The zero-order valence-electron chi connectivity index (χ0n) is 16.3. The average Bonchev–Trinajstić information content (AvgIpc) is 3.10. The number of pyridine rings is 1. The van der Waals surface area contributed by atoms with Crippen molar-refractivity contribution in [1.82, 2.24) is 14.5 Å². The maximum atomic E-state index is 13.0. The number of esters is 1. The van der Waals surface area contributed by atoms with Crippen molar-refractivity contribution in [1.29, 1.82) is 0 Å². The van der Waals surface area contributed by atoms with Crippen LogP contribution in [-0.4, -0.2) is 33.0 Å². The molecule has 4 aromatic rings. The van der Waals surface area contributed by atoms with Gasteiger partial charge in [-0.1, -0.05) is 12.1 Å². The molecule has 0 atom stereocenters. The summed E-state index contributed by atoms with van der Waals surface area (Å²) in [6, 6.07) is 10.2. The van der Waals surface area contributed by atoms with E-state index in [1.807, 2.05) is 6.07 Å². The number of nitrogens with one attached hydrogen (secondary N) is 1. The fourth-order valence-corrected chi connectivity index (χ4v) is 4.20. The van der Waals surface area contributed by atoms with E-state index >= 15 is 0 Å². The number of carbonyl (C=O) groups excluding carboxylic acids is 2. The Morgan fingerprint density at radius 3 is 2.80 bits per heavy atom. The summed E-state index contributed by atoms with van der Waals surface area (Å²) >= 11 is 1.25. The standard InChI is InChI=1S/C21H18N4O4S/c1-3-29-21(28)13-7-4-5-9-15(13)24-16(26)11-25-12(2)23-17-14-8-6-10-22-19(14)30-18(17)20(25)27/h4-10H,3,11H2,1-2H3,(H,24,26). The maximum Gasteiger partial charge on any atom is 0.340 e. The lowest BCUT2D eigenvalue weighted by molar-refractivity contribution is -0.116. The largest absolute Gasteiger partial charge is 0.462 e. The number of hydrogen-bond donors (Lipinski definition) is 1. The normalized spacial score (nSPS) is 11.0. The zero-order valence-corrected chi connectivity index (χ0v) is 17.2. The van der Waals surface area contributed by atoms with Gasteiger partial charge in [0.2, 0.25) is 5.91 Å². The first-order valence-corrected chi connectivity index (χ1v) is 10.1. The van der Waals surface area contributed by atoms with E-state index in [0.29, 0.717) is 21.7 Å². The minimum absolute atomic E-state index is 0.228. The number of ether oxygens (including phenoxy) is 1. The molecule has 0 aliphatic rings. The van der Waals surface area contributed by atoms with Crippen molar-refractivity contribution in [3.05, 3.63) is 64.3 Å². The van der Waals surface area contributed by atoms with Crippen LogP contribution < -0.4 is 10.9 Å². The van der Waals surface area contributed by atoms with Crippen LogP contribution in [-0.2, 0) is 16.1 Å². The molecule has 0 aliphatic heterocycles. The molecule has 0 spiro atoms. The quantitative estimate of drug-likeness (QED) is 0.496. The topological polar surface area (TPSA) is 103 Å². The molecule has 1 N–H and O–H groups in total. The Kier molecular flexibility index (Phi) is 5.28. The Morgan fingerprint density at radius 1 is 1.20 bits per heavy atom. The first kappa shape index (κ1) is 19.7. The van der Waals surface area contributed by atoms with Crippen LogP contribution in [0.4, 0.5) is 5.69 Å². The predicted octanol–water partition coefficient (Wildman–Crippen LogP) is 3.13. The van der Waals surface area contributed by atoms with Crippen LogP contribution >= 0.6 is 11.3 Å². The zero-order chi connectivity index (χ0) is 21.3. The molecule has 1 aromatic carbocycles. The Hall–Kier alpha value is -3.59. The van der Waals surface area contributed by atoms with Gasteiger partial charge in [0.05, 0.1) is 23.4 Å². The second-order valence-electron chi connectivity index (χ2n) is 6.50. The van der Waals surface area contributed by atoms with Crippen molar-refractivity contribution in [2.75, 3.05) is 11.9 Å². The molecule has 0 unspecified atom stereocenters. The first-order valence-electron chi connectivity index (χ1n) is 9.30. The molecule has 3 aromatic heterocycles. The van der Waals surface area contributed by atoms with Gasteiger partial charge in [-0.15, -0.1) is 11.3 Å². The molecule has 0 saturated carbocycles. The Bertz CT molecular complexity index is 1340. The average molecular weight is 422 g/mol. The van der Waals surface area contributed by atoms with Crippen LogP contribution in [0.2, 0.25) is 0 Å². The molecule has 0 fully saturated rings. The summed E-state index contributed by atoms with van der Waals surface area (Å²) in [4.78, 5) is 47.3. The van der Waals surface area contributed by atoms with Crippen LogP contribution in [0, 0.1) is 6.92 Å². The van der Waals surface area contributed by atoms with Crippen LogP contribution in [0.1, 0.15) is 23.1 Å². The van der Waals surface area contributed by atoms with Gasteiger partial charge in [-0.3, -0.25) is 14.2 Å². The number of anilines is 1. The summed E-state index contributed by atoms with van der Waals surface area (Å²) in [5.41, 5.74) is 0.872. The number of nitrogens with zero attached hydrogens (tertiary/aromatic N) is 3. The number of aryl methyl sites for hydroxylation is 1. The van der Waals surface area contributed by atoms with Crippen molar-refractivity contribution in [3.63, 3.8) is 0 Å². The predicted molar refractivity (Wildman–Crippen MR) is 115 cm³/mol. The number of aromatic nitrogens is 3. The number of carbonyl (C=O) groups is 2. The fraction of sp³-hybridized carbons (Fsp3) is 0.190. The summed E-state index contributed by atoms with van der Waals surface area (Å²) in [6.45, 7) is 3.39. The van der Waals surface area contributed by atoms with E-state index < -0.39 is 11.9 Å². The third-order valence-corrected chi connectivity index (χ3v) is 5.63. The molecule has 4 rings (SSSR count). The van der Waals surface area contributed by atoms with Gasteiger partial charge in [0.1, 0.15) is 21.9 Å². The molecule has 3 heterocycles. The molecular formula is C21H18N4O4S. The van der Waals surface area contributed by atoms with Crippen LogP contribution in [0.25, 0.3) is 20.4 Å². The lowest BCUT2D eigenvalue weighted by Gasteiger charge is -2.12. The third kappa shape index (κ3) is 3.55. The molecule has 1 amide bonds. The molecule has 8 nitrogen and oxygen atoms in total. The van der Waals surface area contributed by atoms with Crippen molar-refractivity contribution >= 4 is 49.3 Å². The van der Waals surface area contributed by atoms with Gasteiger partial charge in [0, 0.05) is 11.6 Å². The highest BCUT2D eigenvalue weighted by Crippen LogP contribution is 2.28. The molecule has 152 valence electrons. The van der Waals surface area contributed by atoms with Crippen molar-refractivity contribution < 1.29 is 14.3 Å². The minimum Gasteiger partial charge on any atom is -0.462 e. The van der Waals surface area contributed by atoms with Crippen LogP contribution in [0.3, 0.4) is 0 Å². The summed E-state index contributed by atoms with van der Waals surface area (Å²) < 4.78 is 6.80. The molecule has 9 heteroatoms. The van der Waals surface area contributed by atoms with E-state index in [4.69, 9.17) is 4.74 Å². The van der Waals surface area contributed by atoms with Gasteiger partial charge in [0.25, 0.3) is 5.56 Å². The highest BCUT2D eigenvalue weighted by atomic mass is 32.1. The van der Waals surface area contributed by atoms with E-state index in [9.17, 15) is 14.4 Å². The van der Waals surface area contributed by atoms with Gasteiger partial charge >= 0.3 is 5.97 Å². The van der Waals surface area contributed by atoms with Gasteiger partial charge < -0.3 is 10.1 Å². The van der Waals surface area contributed by atoms with Crippen molar-refractivity contribution in [2.24, 2.45) is 0 Å². The lowest BCUT2D eigenvalue weighted by Crippen LogP contribution is -2.30. The van der Waals surface area contributed by atoms with Crippen molar-refractivity contribution in [3.8, 4) is 0 Å². The Balaban J connectivity index is 1.65. The highest BCUT2D eigenvalue weighted by molar-refractivity contribution is 7.25. The number of benzene rings is 1. The first-order chi connectivity index (χ1) is 14.5. The third-order valence-electron chi connectivity index (χ3n) is 4.54. The smallest absolute Gasteiger partial charge is 0.340 e. The monoisotopic (exact) mass is 422 g/mol. The van der Waals surface area contributed by atoms with E-state index in [-0.39, 0.29) is 24.3 Å². The highest BCUT2D eigenvalue weighted by Gasteiger charge is 2.18. The van der Waals surface area contributed by atoms with Gasteiger partial charge in [-0.05, 0) is 38.1 Å². The summed E-state index contributed by atoms with van der Waals surface area (Å²) in [5.74, 6) is -0.551. The lowest BCUT2D eigenvalue weighted by atomic mass is 10.2. The fourth-order valence-electron chi connectivity index (χ4n) is 3.17. The number of amides is 1. The van der Waals surface area contributed by atoms with Gasteiger partial charge in [-0.2, -0.15) is 0 Å². The minimum atomic E-state index is -0.525. The number of rotatable bonds is 5. The molecule has 0 aliphatic carbocycles. The van der Waals surface area contributed by atoms with E-state index in [0.717, 1.165) is 10.2 Å². The summed E-state index contributed by atoms with van der Waals surface area (Å²) in [6.07, 6.45) is 1.66. The molecule has 0 radical (unpaired) electrons. The van der Waals surface area contributed by atoms with E-state index in [1.54, 1.807) is 50.4 Å². The Morgan fingerprint density at radius 2 is 2.00 bits per heavy atom.